The number of aliphatic hydroxyl groups excluding tert-OH is 1. The van der Waals surface area contributed by atoms with Gasteiger partial charge in [-0.15, -0.1) is 0 Å². The minimum absolute atomic E-state index is 0.575. The highest BCUT2D eigenvalue weighted by Gasteiger charge is 2.01. The average molecular weight is 226 g/mol. The summed E-state index contributed by atoms with van der Waals surface area (Å²) in [6, 6.07) is 11.1. The van der Waals surface area contributed by atoms with Crippen LogP contribution in [0.2, 0.25) is 0 Å². The van der Waals surface area contributed by atoms with Crippen molar-refractivity contribution in [2.75, 3.05) is 0 Å². The smallest absolute Gasteiger partial charge is 0.155 e. The van der Waals surface area contributed by atoms with E-state index in [2.05, 4.69) is 10.1 Å². The number of hydrogen-bond acceptors (Lipinski definition) is 3. The zero-order valence-electron chi connectivity index (χ0n) is 9.99. The van der Waals surface area contributed by atoms with Gasteiger partial charge in [-0.3, -0.25) is 0 Å². The molecule has 3 aromatic rings. The Kier molecular flexibility index (Phi) is 2.09. The van der Waals surface area contributed by atoms with E-state index in [-0.39, 0.29) is 0 Å². The first kappa shape index (κ1) is 8.90. The van der Waals surface area contributed by atoms with Gasteiger partial charge >= 0.3 is 0 Å². The lowest BCUT2D eigenvalue weighted by Crippen LogP contribution is -1.89. The molecule has 0 radical (unpaired) electrons. The molecule has 1 N–H and O–H groups in total. The quantitative estimate of drug-likeness (QED) is 0.726. The van der Waals surface area contributed by atoms with E-state index in [0.29, 0.717) is 5.56 Å². The van der Waals surface area contributed by atoms with Gasteiger partial charge in [0.1, 0.15) is 6.33 Å². The van der Waals surface area contributed by atoms with Crippen LogP contribution in [0.3, 0.4) is 0 Å². The molecule has 2 heterocycles. The maximum Gasteiger partial charge on any atom is 0.155 e. The molecule has 0 aliphatic carbocycles. The first-order valence-electron chi connectivity index (χ1n) is 5.82. The van der Waals surface area contributed by atoms with Crippen LogP contribution in [-0.4, -0.2) is 19.7 Å². The van der Waals surface area contributed by atoms with E-state index in [0.717, 1.165) is 16.8 Å². The largest absolute Gasteiger partial charge is 0.392 e. The van der Waals surface area contributed by atoms with Crippen molar-refractivity contribution in [3.8, 4) is 11.1 Å². The van der Waals surface area contributed by atoms with Gasteiger partial charge in [0.05, 0.1) is 7.95 Å². The van der Waals surface area contributed by atoms with E-state index in [4.69, 9.17) is 1.37 Å². The molecule has 0 fully saturated rings. The molecule has 1 unspecified atom stereocenters. The Labute approximate surface area is 99.6 Å². The van der Waals surface area contributed by atoms with Crippen LogP contribution in [0, 0.1) is 0 Å². The highest BCUT2D eigenvalue weighted by Crippen LogP contribution is 2.20. The van der Waals surface area contributed by atoms with E-state index in [9.17, 15) is 5.11 Å². The fourth-order valence-corrected chi connectivity index (χ4v) is 1.79. The molecule has 84 valence electrons. The number of benzene rings is 1. The number of fused-ring (bicyclic) bond motifs is 1. The highest BCUT2D eigenvalue weighted by atomic mass is 16.3. The molecule has 17 heavy (non-hydrogen) atoms. The number of nitrogens with zero attached hydrogens (tertiary/aromatic N) is 3. The summed E-state index contributed by atoms with van der Waals surface area (Å²) in [6.45, 7) is -1.21. The molecule has 1 atom stereocenters. The van der Waals surface area contributed by atoms with Crippen molar-refractivity contribution in [3.05, 3.63) is 54.5 Å². The van der Waals surface area contributed by atoms with Gasteiger partial charge in [0, 0.05) is 11.8 Å². The van der Waals surface area contributed by atoms with E-state index >= 15 is 0 Å². The summed E-state index contributed by atoms with van der Waals surface area (Å²) in [5.41, 5.74) is 3.27. The van der Waals surface area contributed by atoms with Gasteiger partial charge in [-0.1, -0.05) is 18.2 Å². The molecule has 0 bridgehead atoms. The summed E-state index contributed by atoms with van der Waals surface area (Å²) in [6.07, 6.45) is 3.38. The van der Waals surface area contributed by atoms with E-state index in [1.807, 2.05) is 30.5 Å². The van der Waals surface area contributed by atoms with Crippen LogP contribution in [0.4, 0.5) is 0 Å². The molecule has 0 aliphatic heterocycles. The monoisotopic (exact) mass is 226 g/mol. The second kappa shape index (κ2) is 3.99. The summed E-state index contributed by atoms with van der Waals surface area (Å²) in [5, 5.41) is 13.4. The number of hydrogen-bond donors (Lipinski definition) is 1. The fourth-order valence-electron chi connectivity index (χ4n) is 1.79. The van der Waals surface area contributed by atoms with Gasteiger partial charge in [0.25, 0.3) is 0 Å². The number of aromatic nitrogens is 3. The molecule has 1 aromatic carbocycles. The van der Waals surface area contributed by atoms with Gasteiger partial charge in [-0.25, -0.2) is 9.50 Å². The Hall–Kier alpha value is -2.20. The van der Waals surface area contributed by atoms with Crippen LogP contribution < -0.4 is 0 Å². The van der Waals surface area contributed by atoms with Crippen molar-refractivity contribution in [2.45, 2.75) is 6.58 Å². The second-order valence-electron chi connectivity index (χ2n) is 3.74. The van der Waals surface area contributed by atoms with Crippen LogP contribution in [0.5, 0.6) is 0 Å². The van der Waals surface area contributed by atoms with Gasteiger partial charge in [-0.2, -0.15) is 5.10 Å². The topological polar surface area (TPSA) is 50.4 Å². The van der Waals surface area contributed by atoms with E-state index in [1.54, 1.807) is 16.6 Å². The summed E-state index contributed by atoms with van der Waals surface area (Å²) < 4.78 is 9.01. The molecule has 0 amide bonds. The third-order valence-electron chi connectivity index (χ3n) is 2.64. The normalized spacial score (nSPS) is 13.6. The minimum atomic E-state index is -1.21. The van der Waals surface area contributed by atoms with Gasteiger partial charge in [-0.05, 0) is 29.3 Å². The third kappa shape index (κ3) is 1.79. The Morgan fingerprint density at radius 3 is 3.06 bits per heavy atom. The standard InChI is InChI=1S/C13H11N3O/c17-8-10-2-1-3-11(6-10)12-4-5-13-14-9-15-16(13)7-12/h1-7,9,17H,8H2/i8D. The second-order valence-corrected chi connectivity index (χ2v) is 3.74. The molecule has 0 aliphatic rings. The predicted molar refractivity (Wildman–Crippen MR) is 64.3 cm³/mol. The van der Waals surface area contributed by atoms with E-state index in [1.165, 1.54) is 6.33 Å². The molecule has 0 saturated carbocycles. The van der Waals surface area contributed by atoms with Gasteiger partial charge in [0.2, 0.25) is 0 Å². The molecule has 0 spiro atoms. The molecule has 4 heteroatoms. The third-order valence-corrected chi connectivity index (χ3v) is 2.64. The van der Waals surface area contributed by atoms with Crippen LogP contribution in [0.1, 0.15) is 6.93 Å². The maximum absolute atomic E-state index is 9.27. The molecule has 4 nitrogen and oxygen atoms in total. The van der Waals surface area contributed by atoms with E-state index < -0.39 is 6.58 Å². The van der Waals surface area contributed by atoms with Gasteiger partial charge < -0.3 is 5.11 Å². The summed E-state index contributed by atoms with van der Waals surface area (Å²) in [5.74, 6) is 0. The SMILES string of the molecule is [2H]C(O)c1cccc(-c2ccc3ncnn3c2)c1. The summed E-state index contributed by atoms with van der Waals surface area (Å²) >= 11 is 0. The lowest BCUT2D eigenvalue weighted by molar-refractivity contribution is 0.282. The molecular weight excluding hydrogens is 214 g/mol. The van der Waals surface area contributed by atoms with Crippen LogP contribution in [0.15, 0.2) is 48.9 Å². The Bertz CT molecular complexity index is 693. The van der Waals surface area contributed by atoms with Crippen molar-refractivity contribution in [2.24, 2.45) is 0 Å². The predicted octanol–water partition coefficient (Wildman–Crippen LogP) is 1.89. The van der Waals surface area contributed by atoms with Crippen molar-refractivity contribution >= 4 is 5.65 Å². The average Bonchev–Trinajstić information content (AvgIpc) is 2.86. The lowest BCUT2D eigenvalue weighted by Gasteiger charge is -2.04. The van der Waals surface area contributed by atoms with Crippen molar-refractivity contribution < 1.29 is 6.48 Å². The van der Waals surface area contributed by atoms with Crippen molar-refractivity contribution in [1.29, 1.82) is 0 Å². The Morgan fingerprint density at radius 1 is 1.24 bits per heavy atom. The summed E-state index contributed by atoms with van der Waals surface area (Å²) in [7, 11) is 0. The first-order valence-corrected chi connectivity index (χ1v) is 5.24. The van der Waals surface area contributed by atoms with Crippen LogP contribution in [0.25, 0.3) is 16.8 Å². The van der Waals surface area contributed by atoms with Crippen LogP contribution in [-0.2, 0) is 6.58 Å². The zero-order valence-corrected chi connectivity index (χ0v) is 8.99. The molecule has 2 aromatic heterocycles. The Morgan fingerprint density at radius 2 is 2.18 bits per heavy atom. The van der Waals surface area contributed by atoms with Gasteiger partial charge in [0.15, 0.2) is 5.65 Å². The fraction of sp³-hybridized carbons (Fsp3) is 0.0769. The number of rotatable bonds is 2. The molecule has 0 saturated heterocycles. The number of pyridine rings is 1. The summed E-state index contributed by atoms with van der Waals surface area (Å²) in [4.78, 5) is 4.08. The first-order chi connectivity index (χ1) is 8.74. The molecular formula is C13H11N3O. The van der Waals surface area contributed by atoms with Crippen molar-refractivity contribution in [3.63, 3.8) is 0 Å². The van der Waals surface area contributed by atoms with Crippen molar-refractivity contribution in [1.82, 2.24) is 14.6 Å². The maximum atomic E-state index is 9.27. The lowest BCUT2D eigenvalue weighted by atomic mass is 10.1. The zero-order chi connectivity index (χ0) is 12.5. The molecule has 3 rings (SSSR count). The minimum Gasteiger partial charge on any atom is -0.392 e. The Balaban J connectivity index is 2.10. The number of aliphatic hydroxyl groups is 1. The van der Waals surface area contributed by atoms with Crippen LogP contribution >= 0.6 is 0 Å². The highest BCUT2D eigenvalue weighted by molar-refractivity contribution is 5.65.